The van der Waals surface area contributed by atoms with E-state index in [-0.39, 0.29) is 38.4 Å². The van der Waals surface area contributed by atoms with Crippen molar-refractivity contribution in [3.05, 3.63) is 74.5 Å². The monoisotopic (exact) mass is 554 g/mol. The summed E-state index contributed by atoms with van der Waals surface area (Å²) in [4.78, 5) is 33.9. The number of amides is 1. The van der Waals surface area contributed by atoms with Gasteiger partial charge in [0.2, 0.25) is 5.13 Å². The van der Waals surface area contributed by atoms with Gasteiger partial charge in [0, 0.05) is 29.4 Å². The highest BCUT2D eigenvalue weighted by Gasteiger charge is 2.22. The summed E-state index contributed by atoms with van der Waals surface area (Å²) in [6.45, 7) is 0. The Bertz CT molecular complexity index is 1660. The molecule has 1 aliphatic rings. The fourth-order valence-corrected chi connectivity index (χ4v) is 4.22. The van der Waals surface area contributed by atoms with Crippen LogP contribution in [0.1, 0.15) is 40.3 Å². The number of methoxy groups -OCH3 is 1. The first-order valence-electron chi connectivity index (χ1n) is 11.2. The number of ether oxygens (including phenoxy) is 1. The van der Waals surface area contributed by atoms with Crippen molar-refractivity contribution in [1.82, 2.24) is 24.7 Å². The zero-order chi connectivity index (χ0) is 26.8. The zero-order valence-electron chi connectivity index (χ0n) is 19.6. The number of nitrogens with zero attached hydrogens (tertiary/aromatic N) is 5. The van der Waals surface area contributed by atoms with Gasteiger partial charge in [-0.1, -0.05) is 28.9 Å². The molecular formula is C25H17ClF2N6O3S. The van der Waals surface area contributed by atoms with Gasteiger partial charge in [-0.25, -0.2) is 13.8 Å². The van der Waals surface area contributed by atoms with Crippen molar-refractivity contribution in [1.29, 1.82) is 0 Å². The maximum atomic E-state index is 13.5. The number of aromatic nitrogens is 5. The summed E-state index contributed by atoms with van der Waals surface area (Å²) in [7, 11) is 1.34. The standard InChI is InChI=1S/C25H17ClF2N6O3S/c1-37-19-12-29-18(22(27)28)9-15(19)14-10-20(34-8-2-3-17(26)24(34)36)30-11-16(14)23(35)31-25-33-32-21(38-25)7-6-13-4-5-13/h2-3,8-13,22H,4-5H2,1H3,(H,31,33,35). The van der Waals surface area contributed by atoms with Crippen LogP contribution in [0, 0.1) is 17.8 Å². The Morgan fingerprint density at radius 3 is 2.79 bits per heavy atom. The lowest BCUT2D eigenvalue weighted by atomic mass is 10.00. The maximum absolute atomic E-state index is 13.5. The Kier molecular flexibility index (Phi) is 7.13. The van der Waals surface area contributed by atoms with Crippen LogP contribution >= 0.6 is 22.9 Å². The molecule has 0 aliphatic heterocycles. The Labute approximate surface area is 223 Å². The normalized spacial score (nSPS) is 12.7. The average Bonchev–Trinajstić information content (AvgIpc) is 3.65. The van der Waals surface area contributed by atoms with Gasteiger partial charge in [-0.15, -0.1) is 10.2 Å². The molecule has 5 rings (SSSR count). The van der Waals surface area contributed by atoms with Crippen molar-refractivity contribution >= 4 is 34.0 Å². The lowest BCUT2D eigenvalue weighted by Crippen LogP contribution is -2.20. The molecule has 9 nitrogen and oxygen atoms in total. The largest absolute Gasteiger partial charge is 0.494 e. The molecule has 0 atom stereocenters. The third-order valence-corrected chi connectivity index (χ3v) is 6.55. The highest BCUT2D eigenvalue weighted by atomic mass is 35.5. The summed E-state index contributed by atoms with van der Waals surface area (Å²) < 4.78 is 33.6. The molecule has 0 bridgehead atoms. The molecule has 1 amide bonds. The second kappa shape index (κ2) is 10.6. The van der Waals surface area contributed by atoms with E-state index in [1.54, 1.807) is 6.07 Å². The van der Waals surface area contributed by atoms with Crippen LogP contribution in [0.2, 0.25) is 5.02 Å². The lowest BCUT2D eigenvalue weighted by molar-refractivity contribution is 0.102. The number of hydrogen-bond donors (Lipinski definition) is 1. The summed E-state index contributed by atoms with van der Waals surface area (Å²) in [6, 6.07) is 5.51. The van der Waals surface area contributed by atoms with E-state index in [2.05, 4.69) is 37.3 Å². The Hall–Kier alpha value is -4.21. The second-order valence-corrected chi connectivity index (χ2v) is 9.52. The van der Waals surface area contributed by atoms with Gasteiger partial charge >= 0.3 is 0 Å². The third kappa shape index (κ3) is 5.39. The number of nitrogens with one attached hydrogen (secondary N) is 1. The Balaban J connectivity index is 1.59. The predicted octanol–water partition coefficient (Wildman–Crippen LogP) is 4.76. The number of anilines is 1. The van der Waals surface area contributed by atoms with Gasteiger partial charge in [-0.2, -0.15) is 0 Å². The van der Waals surface area contributed by atoms with E-state index in [0.717, 1.165) is 36.4 Å². The van der Waals surface area contributed by atoms with Crippen molar-refractivity contribution in [3.63, 3.8) is 0 Å². The number of carbonyl (C=O) groups is 1. The van der Waals surface area contributed by atoms with Crippen molar-refractivity contribution in [2.45, 2.75) is 19.3 Å². The van der Waals surface area contributed by atoms with Crippen molar-refractivity contribution in [2.75, 3.05) is 12.4 Å². The van der Waals surface area contributed by atoms with E-state index in [1.165, 1.54) is 36.2 Å². The molecule has 4 heterocycles. The smallest absolute Gasteiger partial charge is 0.280 e. The topological polar surface area (TPSA) is 112 Å². The molecule has 38 heavy (non-hydrogen) atoms. The molecular weight excluding hydrogens is 538 g/mol. The SMILES string of the molecule is COc1cnc(C(F)F)cc1-c1cc(-n2cccc(Cl)c2=O)ncc1C(=O)Nc1nnc(C#CC2CC2)s1. The summed E-state index contributed by atoms with van der Waals surface area (Å²) in [5.41, 5.74) is -0.745. The Morgan fingerprint density at radius 1 is 1.24 bits per heavy atom. The second-order valence-electron chi connectivity index (χ2n) is 8.14. The lowest BCUT2D eigenvalue weighted by Gasteiger charge is -2.15. The Morgan fingerprint density at radius 2 is 2.05 bits per heavy atom. The summed E-state index contributed by atoms with van der Waals surface area (Å²) >= 11 is 7.09. The van der Waals surface area contributed by atoms with Gasteiger partial charge in [-0.05, 0) is 43.0 Å². The summed E-state index contributed by atoms with van der Waals surface area (Å²) in [5, 5.41) is 11.2. The molecule has 0 aromatic carbocycles. The minimum atomic E-state index is -2.87. The first-order chi connectivity index (χ1) is 18.3. The first kappa shape index (κ1) is 25.4. The van der Waals surface area contributed by atoms with E-state index in [4.69, 9.17) is 16.3 Å². The highest BCUT2D eigenvalue weighted by molar-refractivity contribution is 7.15. The van der Waals surface area contributed by atoms with Crippen LogP contribution in [0.25, 0.3) is 16.9 Å². The molecule has 0 unspecified atom stereocenters. The van der Waals surface area contributed by atoms with E-state index >= 15 is 0 Å². The molecule has 1 aliphatic carbocycles. The van der Waals surface area contributed by atoms with Crippen LogP contribution in [-0.2, 0) is 0 Å². The van der Waals surface area contributed by atoms with Gasteiger partial charge in [0.05, 0.1) is 18.9 Å². The van der Waals surface area contributed by atoms with Gasteiger partial charge < -0.3 is 4.74 Å². The minimum Gasteiger partial charge on any atom is -0.494 e. The fraction of sp³-hybridized carbons (Fsp3) is 0.200. The van der Waals surface area contributed by atoms with Crippen LogP contribution in [-0.4, -0.2) is 37.7 Å². The number of alkyl halides is 2. The van der Waals surface area contributed by atoms with E-state index in [0.29, 0.717) is 10.9 Å². The van der Waals surface area contributed by atoms with E-state index in [1.807, 2.05) is 0 Å². The van der Waals surface area contributed by atoms with Crippen LogP contribution in [0.15, 0.2) is 47.7 Å². The van der Waals surface area contributed by atoms with Crippen LogP contribution in [0.4, 0.5) is 13.9 Å². The van der Waals surface area contributed by atoms with Crippen molar-refractivity contribution < 1.29 is 18.3 Å². The van der Waals surface area contributed by atoms with Gasteiger partial charge in [-0.3, -0.25) is 24.5 Å². The van der Waals surface area contributed by atoms with E-state index in [9.17, 15) is 18.4 Å². The summed E-state index contributed by atoms with van der Waals surface area (Å²) in [5.74, 6) is 6.00. The van der Waals surface area contributed by atoms with Crippen molar-refractivity contribution in [2.24, 2.45) is 5.92 Å². The number of rotatable bonds is 6. The number of carbonyl (C=O) groups excluding carboxylic acids is 1. The highest BCUT2D eigenvalue weighted by Crippen LogP contribution is 2.35. The average molecular weight is 555 g/mol. The number of pyridine rings is 3. The van der Waals surface area contributed by atoms with Crippen LogP contribution in [0.3, 0.4) is 0 Å². The molecule has 4 aromatic rings. The van der Waals surface area contributed by atoms with E-state index < -0.39 is 23.6 Å². The third-order valence-electron chi connectivity index (χ3n) is 5.51. The molecule has 4 aromatic heterocycles. The maximum Gasteiger partial charge on any atom is 0.280 e. The molecule has 0 saturated heterocycles. The van der Waals surface area contributed by atoms with Gasteiger partial charge in [0.25, 0.3) is 17.9 Å². The zero-order valence-corrected chi connectivity index (χ0v) is 21.2. The van der Waals surface area contributed by atoms with Crippen LogP contribution < -0.4 is 15.6 Å². The molecule has 1 N–H and O–H groups in total. The molecule has 1 fully saturated rings. The quantitative estimate of drug-likeness (QED) is 0.342. The molecule has 0 radical (unpaired) electrons. The molecule has 13 heteroatoms. The summed E-state index contributed by atoms with van der Waals surface area (Å²) in [6.07, 6.45) is 3.07. The first-order valence-corrected chi connectivity index (χ1v) is 12.4. The van der Waals surface area contributed by atoms with Gasteiger partial charge in [0.15, 0.2) is 5.01 Å². The fourth-order valence-electron chi connectivity index (χ4n) is 3.46. The van der Waals surface area contributed by atoms with Crippen LogP contribution in [0.5, 0.6) is 5.75 Å². The number of halogens is 3. The van der Waals surface area contributed by atoms with Crippen molar-refractivity contribution in [3.8, 4) is 34.5 Å². The molecule has 192 valence electrons. The van der Waals surface area contributed by atoms with Gasteiger partial charge in [0.1, 0.15) is 22.3 Å². The minimum absolute atomic E-state index is 0.00866. The number of hydrogen-bond acceptors (Lipinski definition) is 8. The predicted molar refractivity (Wildman–Crippen MR) is 137 cm³/mol. The molecule has 0 spiro atoms. The molecule has 1 saturated carbocycles.